The first-order valence-corrected chi connectivity index (χ1v) is 10.1. The maximum atomic E-state index is 13.6. The van der Waals surface area contributed by atoms with E-state index in [2.05, 4.69) is 51.5 Å². The molecule has 0 N–H and O–H groups in total. The zero-order chi connectivity index (χ0) is 19.3. The van der Waals surface area contributed by atoms with Crippen LogP contribution >= 0.6 is 11.8 Å². The van der Waals surface area contributed by atoms with Crippen LogP contribution in [0.2, 0.25) is 0 Å². The highest BCUT2D eigenvalue weighted by Crippen LogP contribution is 2.40. The Kier molecular flexibility index (Phi) is 4.26. The van der Waals surface area contributed by atoms with Gasteiger partial charge in [0.05, 0.1) is 17.8 Å². The van der Waals surface area contributed by atoms with Crippen molar-refractivity contribution in [3.8, 4) is 11.3 Å². The Bertz CT molecular complexity index is 1110. The molecule has 2 aromatic heterocycles. The quantitative estimate of drug-likeness (QED) is 0.506. The van der Waals surface area contributed by atoms with Crippen LogP contribution < -0.4 is 5.56 Å². The molecule has 0 amide bonds. The number of thioether (sulfide) groups is 1. The molecule has 0 unspecified atom stereocenters. The zero-order valence-electron chi connectivity index (χ0n) is 16.2. The number of allylic oxidation sites excluding steroid dienone is 1. The molecular formula is C21H24N4OS. The summed E-state index contributed by atoms with van der Waals surface area (Å²) in [6, 6.07) is 8.24. The Morgan fingerprint density at radius 1 is 1.33 bits per heavy atom. The van der Waals surface area contributed by atoms with Gasteiger partial charge in [0.15, 0.2) is 5.16 Å². The first-order valence-electron chi connectivity index (χ1n) is 9.23. The van der Waals surface area contributed by atoms with Crippen molar-refractivity contribution in [1.82, 2.24) is 19.2 Å². The molecule has 4 rings (SSSR count). The van der Waals surface area contributed by atoms with E-state index in [0.717, 1.165) is 23.2 Å². The van der Waals surface area contributed by atoms with Crippen molar-refractivity contribution >= 4 is 17.5 Å². The van der Waals surface area contributed by atoms with Crippen molar-refractivity contribution in [2.24, 2.45) is 0 Å². The number of fused-ring (bicyclic) bond motifs is 4. The Hall–Kier alpha value is -2.34. The van der Waals surface area contributed by atoms with Gasteiger partial charge >= 0.3 is 0 Å². The van der Waals surface area contributed by atoms with E-state index in [-0.39, 0.29) is 11.0 Å². The summed E-state index contributed by atoms with van der Waals surface area (Å²) in [7, 11) is 0. The molecule has 0 atom stereocenters. The molecule has 3 aromatic rings. The van der Waals surface area contributed by atoms with Gasteiger partial charge < -0.3 is 0 Å². The van der Waals surface area contributed by atoms with Crippen molar-refractivity contribution in [3.05, 3.63) is 58.4 Å². The van der Waals surface area contributed by atoms with Crippen LogP contribution in [0.25, 0.3) is 17.0 Å². The minimum atomic E-state index is -0.282. The van der Waals surface area contributed by atoms with Crippen LogP contribution in [0.4, 0.5) is 0 Å². The average molecular weight is 381 g/mol. The van der Waals surface area contributed by atoms with E-state index in [0.29, 0.717) is 22.7 Å². The summed E-state index contributed by atoms with van der Waals surface area (Å²) >= 11 is 1.58. The van der Waals surface area contributed by atoms with Crippen molar-refractivity contribution in [1.29, 1.82) is 0 Å². The molecule has 0 bridgehead atoms. The second-order valence-corrected chi connectivity index (χ2v) is 9.46. The second kappa shape index (κ2) is 6.37. The highest BCUT2D eigenvalue weighted by Gasteiger charge is 2.36. The SMILES string of the molecule is C=CCn1nc(SC(C)C)n2c(=O)c3c(nc12)-c1ccccc1CC3(C)C. The summed E-state index contributed by atoms with van der Waals surface area (Å²) in [5.74, 6) is 0.578. The van der Waals surface area contributed by atoms with E-state index in [1.807, 2.05) is 12.1 Å². The van der Waals surface area contributed by atoms with E-state index in [1.165, 1.54) is 5.56 Å². The molecule has 0 saturated carbocycles. The molecule has 0 saturated heterocycles. The molecule has 1 aromatic carbocycles. The fraction of sp³-hybridized carbons (Fsp3) is 0.381. The zero-order valence-corrected chi connectivity index (χ0v) is 17.0. The fourth-order valence-corrected chi connectivity index (χ4v) is 4.69. The first-order chi connectivity index (χ1) is 12.8. The number of rotatable bonds is 4. The molecule has 2 heterocycles. The second-order valence-electron chi connectivity index (χ2n) is 7.91. The molecule has 1 aliphatic rings. The normalized spacial score (nSPS) is 15.0. The Morgan fingerprint density at radius 3 is 2.78 bits per heavy atom. The van der Waals surface area contributed by atoms with Gasteiger partial charge in [-0.1, -0.05) is 69.8 Å². The molecule has 0 spiro atoms. The van der Waals surface area contributed by atoms with Crippen LogP contribution in [0, 0.1) is 0 Å². The van der Waals surface area contributed by atoms with Crippen LogP contribution in [-0.4, -0.2) is 24.4 Å². The minimum absolute atomic E-state index is 0.00651. The van der Waals surface area contributed by atoms with Crippen LogP contribution in [-0.2, 0) is 18.4 Å². The topological polar surface area (TPSA) is 52.2 Å². The van der Waals surface area contributed by atoms with Gasteiger partial charge in [-0.05, 0) is 12.0 Å². The van der Waals surface area contributed by atoms with E-state index < -0.39 is 0 Å². The lowest BCUT2D eigenvalue weighted by Crippen LogP contribution is -2.36. The number of hydrogen-bond donors (Lipinski definition) is 0. The van der Waals surface area contributed by atoms with Gasteiger partial charge in [-0.25, -0.2) is 14.1 Å². The predicted molar refractivity (Wildman–Crippen MR) is 111 cm³/mol. The summed E-state index contributed by atoms with van der Waals surface area (Å²) < 4.78 is 3.45. The third kappa shape index (κ3) is 2.83. The highest BCUT2D eigenvalue weighted by molar-refractivity contribution is 7.99. The maximum absolute atomic E-state index is 13.6. The molecule has 140 valence electrons. The van der Waals surface area contributed by atoms with Crippen LogP contribution in [0.3, 0.4) is 0 Å². The van der Waals surface area contributed by atoms with Gasteiger partial charge in [-0.2, -0.15) is 0 Å². The van der Waals surface area contributed by atoms with Gasteiger partial charge in [-0.15, -0.1) is 11.7 Å². The average Bonchev–Trinajstić information content (AvgIpc) is 2.91. The van der Waals surface area contributed by atoms with Crippen molar-refractivity contribution in [3.63, 3.8) is 0 Å². The van der Waals surface area contributed by atoms with Crippen LogP contribution in [0.15, 0.2) is 46.9 Å². The highest BCUT2D eigenvalue weighted by atomic mass is 32.2. The Morgan fingerprint density at radius 2 is 2.07 bits per heavy atom. The van der Waals surface area contributed by atoms with Crippen LogP contribution in [0.1, 0.15) is 38.8 Å². The van der Waals surface area contributed by atoms with Gasteiger partial charge in [-0.3, -0.25) is 4.79 Å². The summed E-state index contributed by atoms with van der Waals surface area (Å²) in [6.45, 7) is 12.8. The minimum Gasteiger partial charge on any atom is -0.268 e. The molecule has 27 heavy (non-hydrogen) atoms. The van der Waals surface area contributed by atoms with E-state index >= 15 is 0 Å². The standard InChI is InChI=1S/C21H24N4OS/c1-6-11-24-19-22-17-15-10-8-7-9-14(15)12-21(4,5)16(17)18(26)25(19)20(23-24)27-13(2)3/h6-10,13H,1,11-12H2,2-5H3. The van der Waals surface area contributed by atoms with E-state index in [9.17, 15) is 4.79 Å². The molecule has 0 aliphatic heterocycles. The summed E-state index contributed by atoms with van der Waals surface area (Å²) in [4.78, 5) is 18.6. The lowest BCUT2D eigenvalue weighted by molar-refractivity contribution is 0.505. The van der Waals surface area contributed by atoms with Gasteiger partial charge in [0.1, 0.15) is 0 Å². The summed E-state index contributed by atoms with van der Waals surface area (Å²) in [6.07, 6.45) is 2.60. The van der Waals surface area contributed by atoms with Crippen LogP contribution in [0.5, 0.6) is 0 Å². The maximum Gasteiger partial charge on any atom is 0.265 e. The number of benzene rings is 1. The summed E-state index contributed by atoms with van der Waals surface area (Å²) in [5, 5.41) is 5.67. The molecule has 5 nitrogen and oxygen atoms in total. The van der Waals surface area contributed by atoms with E-state index in [4.69, 9.17) is 4.98 Å². The molecule has 0 fully saturated rings. The number of nitrogens with zero attached hydrogens (tertiary/aromatic N) is 4. The largest absolute Gasteiger partial charge is 0.268 e. The fourth-order valence-electron chi connectivity index (χ4n) is 3.85. The van der Waals surface area contributed by atoms with Gasteiger partial charge in [0.2, 0.25) is 5.78 Å². The van der Waals surface area contributed by atoms with E-state index in [1.54, 1.807) is 26.9 Å². The molecular weight excluding hydrogens is 356 g/mol. The third-order valence-corrected chi connectivity index (χ3v) is 5.87. The first kappa shape index (κ1) is 18.0. The van der Waals surface area contributed by atoms with Crippen molar-refractivity contribution in [2.45, 2.75) is 56.5 Å². The van der Waals surface area contributed by atoms with Crippen molar-refractivity contribution < 1.29 is 0 Å². The molecule has 6 heteroatoms. The monoisotopic (exact) mass is 380 g/mol. The van der Waals surface area contributed by atoms with Crippen molar-refractivity contribution in [2.75, 3.05) is 0 Å². The van der Waals surface area contributed by atoms with Gasteiger partial charge in [0, 0.05) is 16.2 Å². The number of aromatic nitrogens is 4. The molecule has 1 aliphatic carbocycles. The Balaban J connectivity index is 2.11. The Labute approximate surface area is 163 Å². The number of hydrogen-bond acceptors (Lipinski definition) is 4. The smallest absolute Gasteiger partial charge is 0.265 e. The van der Waals surface area contributed by atoms with Gasteiger partial charge in [0.25, 0.3) is 5.56 Å². The third-order valence-electron chi connectivity index (χ3n) is 4.92. The lowest BCUT2D eigenvalue weighted by atomic mass is 9.72. The summed E-state index contributed by atoms with van der Waals surface area (Å²) in [5.41, 5.74) is 3.57. The lowest BCUT2D eigenvalue weighted by Gasteiger charge is -2.32. The molecule has 0 radical (unpaired) electrons. The predicted octanol–water partition coefficient (Wildman–Crippen LogP) is 4.08.